The molecule has 0 aliphatic heterocycles. The Morgan fingerprint density at radius 3 is 2.56 bits per heavy atom. The lowest BCUT2D eigenvalue weighted by Gasteiger charge is -2.02. The molecule has 0 radical (unpaired) electrons. The summed E-state index contributed by atoms with van der Waals surface area (Å²) in [5.74, 6) is -0.469. The Balaban J connectivity index is 1.76. The molecule has 0 atom stereocenters. The van der Waals surface area contributed by atoms with Crippen molar-refractivity contribution in [3.8, 4) is 10.6 Å². The maximum absolute atomic E-state index is 12.2. The van der Waals surface area contributed by atoms with E-state index in [-0.39, 0.29) is 16.3 Å². The fourth-order valence-corrected chi connectivity index (χ4v) is 3.05. The number of nitrogens with one attached hydrogen (secondary N) is 1. The Bertz CT molecular complexity index is 956. The van der Waals surface area contributed by atoms with Gasteiger partial charge < -0.3 is 0 Å². The van der Waals surface area contributed by atoms with E-state index in [1.54, 1.807) is 0 Å². The summed E-state index contributed by atoms with van der Waals surface area (Å²) in [7, 11) is 0. The fourth-order valence-electron chi connectivity index (χ4n) is 2.05. The lowest BCUT2D eigenvalue weighted by atomic mass is 10.2. The third-order valence-electron chi connectivity index (χ3n) is 3.35. The highest BCUT2D eigenvalue weighted by molar-refractivity contribution is 7.18. The third kappa shape index (κ3) is 3.81. The summed E-state index contributed by atoms with van der Waals surface area (Å²) in [6, 6.07) is 11.6. The lowest BCUT2D eigenvalue weighted by molar-refractivity contribution is -0.384. The van der Waals surface area contributed by atoms with E-state index in [4.69, 9.17) is 11.6 Å². The molecule has 0 fully saturated rings. The van der Waals surface area contributed by atoms with Gasteiger partial charge in [0, 0.05) is 17.2 Å². The number of nitro benzene ring substituents is 1. The standard InChI is InChI=1S/C16H11ClN4O3S/c1-9-2-4-10(5-3-9)15-19-20-16(25-15)18-14(22)11-6-7-13(21(23)24)12(17)8-11/h2-8H,1H3,(H,18,20,22). The average Bonchev–Trinajstić information content (AvgIpc) is 3.03. The highest BCUT2D eigenvalue weighted by Gasteiger charge is 2.16. The number of anilines is 1. The van der Waals surface area contributed by atoms with Crippen LogP contribution in [0.1, 0.15) is 15.9 Å². The van der Waals surface area contributed by atoms with Crippen LogP contribution in [0.5, 0.6) is 0 Å². The maximum atomic E-state index is 12.2. The van der Waals surface area contributed by atoms with Crippen LogP contribution in [0.4, 0.5) is 10.8 Å². The van der Waals surface area contributed by atoms with Gasteiger partial charge in [0.1, 0.15) is 10.0 Å². The van der Waals surface area contributed by atoms with Crippen LogP contribution in [0.15, 0.2) is 42.5 Å². The van der Waals surface area contributed by atoms with Gasteiger partial charge in [-0.15, -0.1) is 10.2 Å². The molecule has 1 amide bonds. The number of nitrogens with zero attached hydrogens (tertiary/aromatic N) is 3. The molecular weight excluding hydrogens is 364 g/mol. The van der Waals surface area contributed by atoms with Gasteiger partial charge in [0.05, 0.1) is 4.92 Å². The maximum Gasteiger partial charge on any atom is 0.287 e. The van der Waals surface area contributed by atoms with Crippen LogP contribution in [-0.2, 0) is 0 Å². The predicted octanol–water partition coefficient (Wildman–Crippen LogP) is 4.33. The molecular formula is C16H11ClN4O3S. The van der Waals surface area contributed by atoms with Gasteiger partial charge in [0.15, 0.2) is 0 Å². The van der Waals surface area contributed by atoms with Crippen molar-refractivity contribution in [2.45, 2.75) is 6.92 Å². The van der Waals surface area contributed by atoms with Crippen LogP contribution in [-0.4, -0.2) is 21.0 Å². The lowest BCUT2D eigenvalue weighted by Crippen LogP contribution is -2.11. The molecule has 9 heteroatoms. The Kier molecular flexibility index (Phi) is 4.73. The average molecular weight is 375 g/mol. The van der Waals surface area contributed by atoms with Crippen LogP contribution >= 0.6 is 22.9 Å². The summed E-state index contributed by atoms with van der Waals surface area (Å²) in [5.41, 5.74) is 1.98. The van der Waals surface area contributed by atoms with Crippen LogP contribution in [0.2, 0.25) is 5.02 Å². The Morgan fingerprint density at radius 1 is 1.20 bits per heavy atom. The summed E-state index contributed by atoms with van der Waals surface area (Å²) in [6.45, 7) is 1.99. The first-order valence-electron chi connectivity index (χ1n) is 7.10. The smallest absolute Gasteiger partial charge is 0.287 e. The number of nitro groups is 1. The number of rotatable bonds is 4. The molecule has 0 saturated heterocycles. The first kappa shape index (κ1) is 17.0. The number of halogens is 1. The van der Waals surface area contributed by atoms with Gasteiger partial charge in [0.2, 0.25) is 5.13 Å². The quantitative estimate of drug-likeness (QED) is 0.541. The van der Waals surface area contributed by atoms with Gasteiger partial charge in [-0.1, -0.05) is 52.8 Å². The number of hydrogen-bond acceptors (Lipinski definition) is 6. The van der Waals surface area contributed by atoms with E-state index in [0.717, 1.165) is 11.1 Å². The van der Waals surface area contributed by atoms with E-state index in [9.17, 15) is 14.9 Å². The van der Waals surface area contributed by atoms with E-state index in [1.165, 1.54) is 29.5 Å². The molecule has 0 aliphatic rings. The molecule has 7 nitrogen and oxygen atoms in total. The first-order valence-corrected chi connectivity index (χ1v) is 8.29. The van der Waals surface area contributed by atoms with E-state index in [2.05, 4.69) is 15.5 Å². The summed E-state index contributed by atoms with van der Waals surface area (Å²) >= 11 is 7.05. The van der Waals surface area contributed by atoms with E-state index in [0.29, 0.717) is 10.1 Å². The molecule has 1 N–H and O–H groups in total. The largest absolute Gasteiger partial charge is 0.296 e. The van der Waals surface area contributed by atoms with E-state index >= 15 is 0 Å². The molecule has 1 aromatic heterocycles. The number of hydrogen-bond donors (Lipinski definition) is 1. The Hall–Kier alpha value is -2.84. The van der Waals surface area contributed by atoms with Gasteiger partial charge >= 0.3 is 0 Å². The second kappa shape index (κ2) is 6.96. The molecule has 25 heavy (non-hydrogen) atoms. The minimum absolute atomic E-state index is 0.102. The van der Waals surface area contributed by atoms with Crippen molar-refractivity contribution in [1.82, 2.24) is 10.2 Å². The fraction of sp³-hybridized carbons (Fsp3) is 0.0625. The van der Waals surface area contributed by atoms with Gasteiger partial charge in [0.25, 0.3) is 11.6 Å². The molecule has 0 unspecified atom stereocenters. The van der Waals surface area contributed by atoms with Crippen molar-refractivity contribution in [3.05, 3.63) is 68.7 Å². The van der Waals surface area contributed by atoms with Crippen molar-refractivity contribution in [2.75, 3.05) is 5.32 Å². The summed E-state index contributed by atoms with van der Waals surface area (Å²) < 4.78 is 0. The Morgan fingerprint density at radius 2 is 1.92 bits per heavy atom. The van der Waals surface area contributed by atoms with Crippen LogP contribution in [0.25, 0.3) is 10.6 Å². The molecule has 3 rings (SSSR count). The number of amides is 1. The molecule has 0 saturated carbocycles. The monoisotopic (exact) mass is 374 g/mol. The Labute approximate surface area is 151 Å². The van der Waals surface area contributed by atoms with E-state index < -0.39 is 10.8 Å². The third-order valence-corrected chi connectivity index (χ3v) is 4.54. The van der Waals surface area contributed by atoms with Gasteiger partial charge in [-0.2, -0.15) is 0 Å². The van der Waals surface area contributed by atoms with Crippen LogP contribution < -0.4 is 5.32 Å². The number of aromatic nitrogens is 2. The minimum atomic E-state index is -0.609. The number of carbonyl (C=O) groups is 1. The normalized spacial score (nSPS) is 10.5. The summed E-state index contributed by atoms with van der Waals surface area (Å²) in [5, 5.41) is 22.3. The summed E-state index contributed by atoms with van der Waals surface area (Å²) in [6.07, 6.45) is 0. The van der Waals surface area contributed by atoms with Crippen LogP contribution in [0.3, 0.4) is 0 Å². The van der Waals surface area contributed by atoms with Crippen molar-refractivity contribution in [3.63, 3.8) is 0 Å². The topological polar surface area (TPSA) is 98.0 Å². The SMILES string of the molecule is Cc1ccc(-c2nnc(NC(=O)c3ccc([N+](=O)[O-])c(Cl)c3)s2)cc1. The van der Waals surface area contributed by atoms with Gasteiger partial charge in [-0.3, -0.25) is 20.2 Å². The highest BCUT2D eigenvalue weighted by Crippen LogP contribution is 2.28. The van der Waals surface area contributed by atoms with Crippen molar-refractivity contribution in [1.29, 1.82) is 0 Å². The molecule has 3 aromatic rings. The van der Waals surface area contributed by atoms with Gasteiger partial charge in [-0.05, 0) is 19.1 Å². The predicted molar refractivity (Wildman–Crippen MR) is 96.1 cm³/mol. The zero-order valence-corrected chi connectivity index (χ0v) is 14.5. The number of carbonyl (C=O) groups excluding carboxylic acids is 1. The minimum Gasteiger partial charge on any atom is -0.296 e. The van der Waals surface area contributed by atoms with Crippen molar-refractivity contribution in [2.24, 2.45) is 0 Å². The van der Waals surface area contributed by atoms with Crippen LogP contribution in [0, 0.1) is 17.0 Å². The first-order chi connectivity index (χ1) is 11.9. The molecule has 0 spiro atoms. The molecule has 126 valence electrons. The molecule has 0 bridgehead atoms. The molecule has 1 heterocycles. The van der Waals surface area contributed by atoms with Crippen molar-refractivity contribution < 1.29 is 9.72 Å². The molecule has 0 aliphatic carbocycles. The molecule has 2 aromatic carbocycles. The summed E-state index contributed by atoms with van der Waals surface area (Å²) in [4.78, 5) is 22.4. The van der Waals surface area contributed by atoms with Gasteiger partial charge in [-0.25, -0.2) is 0 Å². The second-order valence-corrected chi connectivity index (χ2v) is 6.54. The number of benzene rings is 2. The van der Waals surface area contributed by atoms with E-state index in [1.807, 2.05) is 31.2 Å². The van der Waals surface area contributed by atoms with Crippen molar-refractivity contribution >= 4 is 39.7 Å². The number of aryl methyl sites for hydroxylation is 1. The highest BCUT2D eigenvalue weighted by atomic mass is 35.5. The zero-order chi connectivity index (χ0) is 18.0. The zero-order valence-electron chi connectivity index (χ0n) is 12.9. The second-order valence-electron chi connectivity index (χ2n) is 5.16.